The molecular weight excluding hydrogens is 211 g/mol. The average Bonchev–Trinajstić information content (AvgIpc) is 1.38. The molecule has 7 heavy (non-hydrogen) atoms. The summed E-state index contributed by atoms with van der Waals surface area (Å²) in [4.78, 5) is 0. The molecule has 0 heterocycles. The molecule has 0 aromatic carbocycles. The maximum absolute atomic E-state index is 3.76. The predicted octanol–water partition coefficient (Wildman–Crippen LogP) is -1.51. The van der Waals surface area contributed by atoms with Crippen molar-refractivity contribution in [3.05, 3.63) is 6.92 Å². The van der Waals surface area contributed by atoms with Crippen molar-refractivity contribution in [2.45, 2.75) is 20.3 Å². The summed E-state index contributed by atoms with van der Waals surface area (Å²) in [6, 6.07) is 0. The predicted molar refractivity (Wildman–Crippen MR) is 30.6 cm³/mol. The van der Waals surface area contributed by atoms with Gasteiger partial charge in [0.25, 0.3) is 0 Å². The van der Waals surface area contributed by atoms with E-state index >= 15 is 0 Å². The molecule has 0 N–H and O–H groups in total. The summed E-state index contributed by atoms with van der Waals surface area (Å²) in [6.07, 6.45) is 1.19. The Morgan fingerprint density at radius 2 is 1.71 bits per heavy atom. The maximum Gasteiger partial charge on any atom is 2.00 e. The smallest absolute Gasteiger partial charge is 1.00 e. The van der Waals surface area contributed by atoms with Crippen molar-refractivity contribution in [3.63, 3.8) is 0 Å². The van der Waals surface area contributed by atoms with Gasteiger partial charge in [0.05, 0.1) is 0 Å². The second-order valence-corrected chi connectivity index (χ2v) is 1.51. The largest absolute Gasteiger partial charge is 2.00 e. The quantitative estimate of drug-likeness (QED) is 0.287. The van der Waals surface area contributed by atoms with E-state index in [-0.39, 0.29) is 47.0 Å². The fraction of sp³-hybridized carbons (Fsp3) is 0.800. The molecule has 0 nitrogen and oxygen atoms in total. The van der Waals surface area contributed by atoms with E-state index < -0.39 is 0 Å². The molecule has 0 spiro atoms. The summed E-state index contributed by atoms with van der Waals surface area (Å²) in [5.74, 6) is 0.634. The van der Waals surface area contributed by atoms with Crippen molar-refractivity contribution >= 4 is 23.1 Å². The third-order valence-electron chi connectivity index (χ3n) is 0.697. The zero-order valence-corrected chi connectivity index (χ0v) is 8.65. The van der Waals surface area contributed by atoms with Gasteiger partial charge in [-0.2, -0.15) is 5.92 Å². The van der Waals surface area contributed by atoms with Gasteiger partial charge >= 0.3 is 23.1 Å². The van der Waals surface area contributed by atoms with E-state index in [0.717, 1.165) is 0 Å². The van der Waals surface area contributed by atoms with E-state index in [1.807, 2.05) is 0 Å². The van der Waals surface area contributed by atoms with E-state index in [1.165, 1.54) is 6.42 Å². The Hall–Kier alpha value is 1.50. The van der Waals surface area contributed by atoms with Crippen LogP contribution in [0, 0.1) is 12.8 Å². The van der Waals surface area contributed by atoms with Crippen molar-refractivity contribution in [2.75, 3.05) is 0 Å². The summed E-state index contributed by atoms with van der Waals surface area (Å²) in [5.41, 5.74) is 0. The first-order valence-corrected chi connectivity index (χ1v) is 2.10. The minimum absolute atomic E-state index is 0. The van der Waals surface area contributed by atoms with Gasteiger partial charge in [0.2, 0.25) is 0 Å². The van der Waals surface area contributed by atoms with Gasteiger partial charge in [-0.3, -0.25) is 0 Å². The van der Waals surface area contributed by atoms with Crippen LogP contribution in [0.4, 0.5) is 0 Å². The van der Waals surface area contributed by atoms with Crippen LogP contribution in [-0.2, 0) is 0 Å². The Balaban J connectivity index is -0.0000000800. The van der Waals surface area contributed by atoms with Gasteiger partial charge in [-0.05, 0) is 0 Å². The molecule has 0 rings (SSSR count). The molecule has 0 aliphatic carbocycles. The van der Waals surface area contributed by atoms with Crippen LogP contribution in [-0.4, -0.2) is 23.1 Å². The van der Waals surface area contributed by atoms with E-state index in [4.69, 9.17) is 0 Å². The molecule has 40 valence electrons. The van der Waals surface area contributed by atoms with E-state index in [0.29, 0.717) is 5.92 Å². The molecule has 0 aromatic rings. The van der Waals surface area contributed by atoms with Crippen LogP contribution in [0.3, 0.4) is 0 Å². The van der Waals surface area contributed by atoms with Crippen LogP contribution < -0.4 is 24.0 Å². The molecule has 0 aliphatic rings. The molecule has 1 atom stereocenters. The van der Waals surface area contributed by atoms with Gasteiger partial charge in [-0.1, -0.05) is 20.3 Å². The first-order valence-electron chi connectivity index (χ1n) is 2.10. The van der Waals surface area contributed by atoms with Crippen molar-refractivity contribution < 1.29 is 24.0 Å². The Morgan fingerprint density at radius 3 is 1.71 bits per heavy atom. The van der Waals surface area contributed by atoms with Crippen molar-refractivity contribution in [2.24, 2.45) is 5.92 Å². The average molecular weight is 222 g/mol. The van der Waals surface area contributed by atoms with Crippen LogP contribution in [0.1, 0.15) is 20.3 Å². The molecular formula is C5H11IMg. The monoisotopic (exact) mass is 222 g/mol. The van der Waals surface area contributed by atoms with E-state index in [1.54, 1.807) is 0 Å². The Morgan fingerprint density at radius 1 is 1.57 bits per heavy atom. The normalized spacial score (nSPS) is 10.7. The molecule has 0 saturated heterocycles. The molecule has 0 fully saturated rings. The van der Waals surface area contributed by atoms with Crippen molar-refractivity contribution in [3.8, 4) is 0 Å². The Labute approximate surface area is 79.6 Å². The second kappa shape index (κ2) is 10.5. The van der Waals surface area contributed by atoms with Gasteiger partial charge in [0.1, 0.15) is 0 Å². The Kier molecular flexibility index (Phi) is 23.6. The fourth-order valence-corrected chi connectivity index (χ4v) is 0. The maximum atomic E-state index is 3.76. The van der Waals surface area contributed by atoms with Crippen molar-refractivity contribution in [1.82, 2.24) is 0 Å². The Bertz CT molecular complexity index is 22.0. The van der Waals surface area contributed by atoms with Gasteiger partial charge < -0.3 is 30.9 Å². The third kappa shape index (κ3) is 18.5. The molecule has 0 amide bonds. The molecule has 2 heteroatoms. The fourth-order valence-electron chi connectivity index (χ4n) is 0. The third-order valence-corrected chi connectivity index (χ3v) is 0.697. The van der Waals surface area contributed by atoms with Gasteiger partial charge in [-0.15, -0.1) is 0 Å². The van der Waals surface area contributed by atoms with Gasteiger partial charge in [-0.25, -0.2) is 0 Å². The molecule has 0 saturated carbocycles. The number of halogens is 1. The van der Waals surface area contributed by atoms with Gasteiger partial charge in [0, 0.05) is 0 Å². The summed E-state index contributed by atoms with van der Waals surface area (Å²) in [7, 11) is 0. The van der Waals surface area contributed by atoms with E-state index in [9.17, 15) is 0 Å². The zero-order valence-electron chi connectivity index (χ0n) is 5.08. The molecule has 0 bridgehead atoms. The molecule has 1 unspecified atom stereocenters. The number of hydrogen-bond acceptors (Lipinski definition) is 0. The van der Waals surface area contributed by atoms with E-state index in [2.05, 4.69) is 20.8 Å². The van der Waals surface area contributed by atoms with Crippen LogP contribution in [0.5, 0.6) is 0 Å². The summed E-state index contributed by atoms with van der Waals surface area (Å²) >= 11 is 0. The van der Waals surface area contributed by atoms with Crippen LogP contribution in [0.2, 0.25) is 0 Å². The van der Waals surface area contributed by atoms with Crippen LogP contribution >= 0.6 is 0 Å². The van der Waals surface area contributed by atoms with Crippen molar-refractivity contribution in [1.29, 1.82) is 0 Å². The van der Waals surface area contributed by atoms with Crippen LogP contribution in [0.15, 0.2) is 0 Å². The zero-order chi connectivity index (χ0) is 4.28. The van der Waals surface area contributed by atoms with Gasteiger partial charge in [0.15, 0.2) is 0 Å². The SMILES string of the molecule is [CH2-]C(C)CC.[I-].[Mg+2]. The summed E-state index contributed by atoms with van der Waals surface area (Å²) in [5, 5.41) is 0. The summed E-state index contributed by atoms with van der Waals surface area (Å²) in [6.45, 7) is 8.00. The minimum atomic E-state index is 0. The van der Waals surface area contributed by atoms with Crippen LogP contribution in [0.25, 0.3) is 0 Å². The number of rotatable bonds is 1. The molecule has 0 aliphatic heterocycles. The summed E-state index contributed by atoms with van der Waals surface area (Å²) < 4.78 is 0. The molecule has 0 aromatic heterocycles. The number of hydrogen-bond donors (Lipinski definition) is 0. The molecule has 0 radical (unpaired) electrons. The topological polar surface area (TPSA) is 0 Å². The first-order chi connectivity index (χ1) is 2.27. The first kappa shape index (κ1) is 15.8. The second-order valence-electron chi connectivity index (χ2n) is 1.51. The standard InChI is InChI=1S/C5H11.HI.Mg/c1-4-5(2)3;;/h5H,2,4H2,1,3H3;1H;/q-1;;+2/p-1. The minimum Gasteiger partial charge on any atom is -1.00 e.